The summed E-state index contributed by atoms with van der Waals surface area (Å²) in [5, 5.41) is 8.92. The van der Waals surface area contributed by atoms with Crippen molar-refractivity contribution in [1.82, 2.24) is 0 Å². The highest BCUT2D eigenvalue weighted by molar-refractivity contribution is 5.87. The maximum atomic E-state index is 12.5. The molecule has 1 aromatic rings. The fourth-order valence-electron chi connectivity index (χ4n) is 1.97. The van der Waals surface area contributed by atoms with Gasteiger partial charge in [0, 0.05) is 6.54 Å². The lowest BCUT2D eigenvalue weighted by Crippen LogP contribution is -2.34. The van der Waals surface area contributed by atoms with Crippen molar-refractivity contribution in [3.63, 3.8) is 0 Å². The topological polar surface area (TPSA) is 40.5 Å². The first-order chi connectivity index (χ1) is 9.31. The lowest BCUT2D eigenvalue weighted by molar-refractivity contribution is -0.137. The Morgan fingerprint density at radius 2 is 1.95 bits per heavy atom. The van der Waals surface area contributed by atoms with Crippen LogP contribution in [0.15, 0.2) is 37.1 Å². The van der Waals surface area contributed by atoms with Gasteiger partial charge in [-0.3, -0.25) is 4.90 Å². The third-order valence-corrected chi connectivity index (χ3v) is 2.76. The van der Waals surface area contributed by atoms with Crippen LogP contribution in [-0.4, -0.2) is 17.7 Å². The van der Waals surface area contributed by atoms with E-state index in [-0.39, 0.29) is 0 Å². The molecule has 0 fully saturated rings. The summed E-state index contributed by atoms with van der Waals surface area (Å²) >= 11 is 0. The summed E-state index contributed by atoms with van der Waals surface area (Å²) in [7, 11) is 0. The Kier molecular flexibility index (Phi) is 5.00. The van der Waals surface area contributed by atoms with Crippen molar-refractivity contribution < 1.29 is 23.1 Å². The van der Waals surface area contributed by atoms with Crippen molar-refractivity contribution in [3.05, 3.63) is 48.2 Å². The van der Waals surface area contributed by atoms with E-state index in [2.05, 4.69) is 18.9 Å². The summed E-state index contributed by atoms with van der Waals surface area (Å²) in [5.41, 5.74) is 2.31. The average Bonchev–Trinajstić information content (AvgIpc) is 2.37. The largest absolute Gasteiger partial charge is 0.465 e. The maximum absolute atomic E-state index is 12.5. The van der Waals surface area contributed by atoms with E-state index in [4.69, 9.17) is 5.11 Å². The lowest BCUT2D eigenvalue weighted by atomic mass is 9.99. The van der Waals surface area contributed by atoms with Gasteiger partial charge in [0.25, 0.3) is 0 Å². The second kappa shape index (κ2) is 6.30. The molecule has 0 spiro atoms. The Bertz CT molecular complexity index is 532. The highest BCUT2D eigenvalue weighted by Gasteiger charge is 2.32. The Balaban J connectivity index is 0.000000612. The van der Waals surface area contributed by atoms with E-state index in [0.29, 0.717) is 30.6 Å². The number of rotatable bonds is 0. The number of aryl methyl sites for hydroxylation is 1. The summed E-state index contributed by atoms with van der Waals surface area (Å²) in [5.74, 6) is 0. The van der Waals surface area contributed by atoms with Gasteiger partial charge in [0.15, 0.2) is 0 Å². The molecule has 0 aliphatic carbocycles. The predicted octanol–water partition coefficient (Wildman–Crippen LogP) is 4.09. The first-order valence-electron chi connectivity index (χ1n) is 5.81. The minimum absolute atomic E-state index is 0.327. The molecule has 1 amide bonds. The predicted molar refractivity (Wildman–Crippen MR) is 69.9 cm³/mol. The molecule has 1 aromatic carbocycles. The Hall–Kier alpha value is -2.20. The first-order valence-corrected chi connectivity index (χ1v) is 5.81. The number of carboxylic acid groups (broad SMARTS) is 1. The molecule has 1 aliphatic rings. The van der Waals surface area contributed by atoms with Crippen molar-refractivity contribution in [3.8, 4) is 0 Å². The van der Waals surface area contributed by atoms with Gasteiger partial charge in [0.05, 0.1) is 11.3 Å². The third kappa shape index (κ3) is 3.65. The number of hydrogen-bond acceptors (Lipinski definition) is 1. The number of anilines is 1. The zero-order valence-electron chi connectivity index (χ0n) is 10.7. The number of carbonyl (C=O) groups is 1. The normalized spacial score (nSPS) is 13.7. The molecule has 0 atom stereocenters. The summed E-state index contributed by atoms with van der Waals surface area (Å²) in [6.45, 7) is 6.58. The van der Waals surface area contributed by atoms with Crippen molar-refractivity contribution in [2.45, 2.75) is 19.0 Å². The third-order valence-electron chi connectivity index (χ3n) is 2.76. The maximum Gasteiger partial charge on any atom is 0.416 e. The highest BCUT2D eigenvalue weighted by Crippen LogP contribution is 2.35. The van der Waals surface area contributed by atoms with Crippen LogP contribution in [0.3, 0.4) is 0 Å². The van der Waals surface area contributed by atoms with Gasteiger partial charge in [-0.15, -0.1) is 5.73 Å². The number of amides is 1. The zero-order chi connectivity index (χ0) is 15.3. The van der Waals surface area contributed by atoms with E-state index in [9.17, 15) is 18.0 Å². The zero-order valence-corrected chi connectivity index (χ0v) is 10.7. The van der Waals surface area contributed by atoms with Crippen molar-refractivity contribution in [2.75, 3.05) is 11.4 Å². The monoisotopic (exact) mass is 285 g/mol. The number of hydrogen-bond donors (Lipinski definition) is 1. The van der Waals surface area contributed by atoms with Crippen LogP contribution in [0.5, 0.6) is 0 Å². The van der Waals surface area contributed by atoms with Crippen LogP contribution in [0, 0.1) is 0 Å². The molecule has 1 aliphatic heterocycles. The van der Waals surface area contributed by atoms with E-state index < -0.39 is 17.8 Å². The smallest absolute Gasteiger partial charge is 0.416 e. The van der Waals surface area contributed by atoms with Crippen LogP contribution in [0.1, 0.15) is 17.5 Å². The van der Waals surface area contributed by atoms with Crippen LogP contribution in [-0.2, 0) is 12.6 Å². The molecular weight excluding hydrogens is 271 g/mol. The Labute approximate surface area is 114 Å². The molecule has 20 heavy (non-hydrogen) atoms. The molecule has 0 radical (unpaired) electrons. The van der Waals surface area contributed by atoms with E-state index in [1.807, 2.05) is 0 Å². The van der Waals surface area contributed by atoms with Crippen molar-refractivity contribution in [1.29, 1.82) is 0 Å². The number of benzene rings is 1. The van der Waals surface area contributed by atoms with Gasteiger partial charge in [-0.2, -0.15) is 13.2 Å². The second-order valence-corrected chi connectivity index (χ2v) is 4.13. The molecule has 6 heteroatoms. The molecule has 0 saturated carbocycles. The number of alkyl halides is 3. The number of halogens is 3. The quantitative estimate of drug-likeness (QED) is 0.729. The molecule has 1 heterocycles. The molecule has 2 rings (SSSR count). The first kappa shape index (κ1) is 15.9. The van der Waals surface area contributed by atoms with Crippen LogP contribution in [0.25, 0.3) is 0 Å². The van der Waals surface area contributed by atoms with Crippen LogP contribution < -0.4 is 4.90 Å². The van der Waals surface area contributed by atoms with Gasteiger partial charge in [-0.1, -0.05) is 13.2 Å². The summed E-state index contributed by atoms with van der Waals surface area (Å²) in [6.07, 6.45) is -4.50. The summed E-state index contributed by atoms with van der Waals surface area (Å²) in [6, 6.07) is 3.18. The van der Waals surface area contributed by atoms with Crippen molar-refractivity contribution >= 4 is 11.8 Å². The molecule has 3 nitrogen and oxygen atoms in total. The van der Waals surface area contributed by atoms with Crippen LogP contribution in [0.2, 0.25) is 0 Å². The molecular formula is C14H14F3NO2. The van der Waals surface area contributed by atoms with Gasteiger partial charge < -0.3 is 5.11 Å². The van der Waals surface area contributed by atoms with E-state index in [1.165, 1.54) is 6.07 Å². The van der Waals surface area contributed by atoms with E-state index in [0.717, 1.165) is 17.0 Å². The standard InChI is InChI=1S/C11H10F3NO2.C3H4/c12-11(13,14)8-3-4-9-7(6-8)2-1-5-15(9)10(16)17;1-3-2/h3-4,6H,1-2,5H2,(H,16,17);1-2H2. The number of nitrogens with zero attached hydrogens (tertiary/aromatic N) is 1. The molecule has 1 N–H and O–H groups in total. The lowest BCUT2D eigenvalue weighted by Gasteiger charge is -2.27. The second-order valence-electron chi connectivity index (χ2n) is 4.13. The minimum Gasteiger partial charge on any atom is -0.465 e. The van der Waals surface area contributed by atoms with Crippen LogP contribution in [0.4, 0.5) is 23.7 Å². The van der Waals surface area contributed by atoms with Crippen molar-refractivity contribution in [2.24, 2.45) is 0 Å². The van der Waals surface area contributed by atoms with E-state index >= 15 is 0 Å². The SMILES string of the molecule is C=C=C.O=C(O)N1CCCc2cc(C(F)(F)F)ccc21. The summed E-state index contributed by atoms with van der Waals surface area (Å²) < 4.78 is 37.5. The number of fused-ring (bicyclic) bond motifs is 1. The minimum atomic E-state index is -4.39. The van der Waals surface area contributed by atoms with Gasteiger partial charge >= 0.3 is 12.3 Å². The van der Waals surface area contributed by atoms with Crippen LogP contribution >= 0.6 is 0 Å². The molecule has 0 saturated heterocycles. The molecule has 0 bridgehead atoms. The molecule has 0 unspecified atom stereocenters. The molecule has 108 valence electrons. The van der Waals surface area contributed by atoms with Gasteiger partial charge in [-0.05, 0) is 36.6 Å². The van der Waals surface area contributed by atoms with Gasteiger partial charge in [-0.25, -0.2) is 4.79 Å². The highest BCUT2D eigenvalue weighted by atomic mass is 19.4. The summed E-state index contributed by atoms with van der Waals surface area (Å²) in [4.78, 5) is 12.0. The fourth-order valence-corrected chi connectivity index (χ4v) is 1.97. The van der Waals surface area contributed by atoms with Gasteiger partial charge in [0.1, 0.15) is 0 Å². The Morgan fingerprint density at radius 3 is 2.45 bits per heavy atom. The van der Waals surface area contributed by atoms with E-state index in [1.54, 1.807) is 0 Å². The average molecular weight is 285 g/mol. The van der Waals surface area contributed by atoms with Gasteiger partial charge in [0.2, 0.25) is 0 Å². The Morgan fingerprint density at radius 1 is 1.35 bits per heavy atom. The fraction of sp³-hybridized carbons (Fsp3) is 0.286. The molecule has 0 aromatic heterocycles.